The van der Waals surface area contributed by atoms with Crippen molar-refractivity contribution in [2.45, 2.75) is 39.2 Å². The largest absolute Gasteiger partial charge is 0.481 e. The average Bonchev–Trinajstić information content (AvgIpc) is 3.54. The SMILES string of the molecule is C.COCc1cc2c(cc1C(=O)N1CCc3cc(OC)ncc31)[nH]c(=O)c1cnc(C3CCOCC3)n12. The van der Waals surface area contributed by atoms with Gasteiger partial charge in [-0.25, -0.2) is 9.97 Å². The maximum absolute atomic E-state index is 13.8. The minimum Gasteiger partial charge on any atom is -0.481 e. The van der Waals surface area contributed by atoms with Gasteiger partial charge in [-0.2, -0.15) is 0 Å². The zero-order valence-corrected chi connectivity index (χ0v) is 20.2. The summed E-state index contributed by atoms with van der Waals surface area (Å²) < 4.78 is 18.2. The Morgan fingerprint density at radius 3 is 2.70 bits per heavy atom. The number of amides is 1. The van der Waals surface area contributed by atoms with E-state index in [0.717, 1.165) is 41.0 Å². The lowest BCUT2D eigenvalue weighted by molar-refractivity contribution is 0.0835. The number of carbonyl (C=O) groups is 1. The van der Waals surface area contributed by atoms with Crippen LogP contribution < -0.4 is 15.2 Å². The Hall–Kier alpha value is -3.76. The molecule has 0 aliphatic carbocycles. The Morgan fingerprint density at radius 2 is 1.95 bits per heavy atom. The van der Waals surface area contributed by atoms with Crippen LogP contribution in [0.1, 0.15) is 53.5 Å². The van der Waals surface area contributed by atoms with Crippen LogP contribution >= 0.6 is 0 Å². The van der Waals surface area contributed by atoms with E-state index in [-0.39, 0.29) is 31.4 Å². The highest BCUT2D eigenvalue weighted by atomic mass is 16.5. The van der Waals surface area contributed by atoms with E-state index in [1.165, 1.54) is 0 Å². The van der Waals surface area contributed by atoms with Gasteiger partial charge >= 0.3 is 0 Å². The summed E-state index contributed by atoms with van der Waals surface area (Å²) in [6, 6.07) is 5.56. The number of fused-ring (bicyclic) bond motifs is 4. The van der Waals surface area contributed by atoms with Crippen molar-refractivity contribution in [2.24, 2.45) is 0 Å². The van der Waals surface area contributed by atoms with E-state index in [1.54, 1.807) is 37.6 Å². The summed E-state index contributed by atoms with van der Waals surface area (Å²) in [6.45, 7) is 2.14. The Morgan fingerprint density at radius 1 is 1.14 bits per heavy atom. The number of imidazole rings is 1. The van der Waals surface area contributed by atoms with Crippen LogP contribution in [0.3, 0.4) is 0 Å². The van der Waals surface area contributed by atoms with Gasteiger partial charge in [-0.1, -0.05) is 7.43 Å². The third kappa shape index (κ3) is 4.15. The molecule has 2 aliphatic heterocycles. The highest BCUT2D eigenvalue weighted by Gasteiger charge is 2.29. The van der Waals surface area contributed by atoms with Crippen LogP contribution in [0.25, 0.3) is 16.6 Å². The quantitative estimate of drug-likeness (QED) is 0.442. The molecule has 10 heteroatoms. The molecular formula is C27H31N5O5. The fraction of sp³-hybridized carbons (Fsp3) is 0.407. The molecule has 5 heterocycles. The molecule has 10 nitrogen and oxygen atoms in total. The van der Waals surface area contributed by atoms with Gasteiger partial charge in [0.15, 0.2) is 0 Å². The summed E-state index contributed by atoms with van der Waals surface area (Å²) in [4.78, 5) is 40.4. The smallest absolute Gasteiger partial charge is 0.274 e. The molecule has 1 saturated heterocycles. The number of ether oxygens (including phenoxy) is 3. The highest BCUT2D eigenvalue weighted by molar-refractivity contribution is 6.09. The summed E-state index contributed by atoms with van der Waals surface area (Å²) >= 11 is 0. The van der Waals surface area contributed by atoms with E-state index in [1.807, 2.05) is 16.5 Å². The first kappa shape index (κ1) is 24.9. The molecule has 37 heavy (non-hydrogen) atoms. The topological polar surface area (TPSA) is 111 Å². The molecule has 6 rings (SSSR count). The fourth-order valence-corrected chi connectivity index (χ4v) is 5.33. The molecule has 2 aliphatic rings. The summed E-state index contributed by atoms with van der Waals surface area (Å²) in [5, 5.41) is 0. The van der Waals surface area contributed by atoms with Crippen molar-refractivity contribution in [3.63, 3.8) is 0 Å². The molecule has 0 unspecified atom stereocenters. The maximum Gasteiger partial charge on any atom is 0.274 e. The van der Waals surface area contributed by atoms with E-state index in [2.05, 4.69) is 15.0 Å². The standard InChI is InChI=1S/C26H27N5O5.CH4/c1-34-14-17-9-20-19(29-25(32)22-13-28-24(31(20)22)15-4-7-36-8-5-15)11-18(17)26(33)30-6-3-16-10-23(35-2)27-12-21(16)30;/h9-13,15H,3-8,14H2,1-2H3,(H,29,32);1H4. The lowest BCUT2D eigenvalue weighted by Crippen LogP contribution is -2.30. The van der Waals surface area contributed by atoms with Crippen LogP contribution in [0, 0.1) is 0 Å². The van der Waals surface area contributed by atoms with Crippen LogP contribution in [-0.2, 0) is 22.5 Å². The van der Waals surface area contributed by atoms with E-state index >= 15 is 0 Å². The molecule has 3 aromatic heterocycles. The van der Waals surface area contributed by atoms with Crippen molar-refractivity contribution >= 4 is 28.1 Å². The second kappa shape index (κ2) is 9.95. The third-order valence-electron chi connectivity index (χ3n) is 7.14. The van der Waals surface area contributed by atoms with Crippen molar-refractivity contribution in [1.29, 1.82) is 0 Å². The number of rotatable bonds is 5. The number of aromatic nitrogens is 4. The van der Waals surface area contributed by atoms with Crippen molar-refractivity contribution in [2.75, 3.05) is 38.9 Å². The van der Waals surface area contributed by atoms with Gasteiger partial charge < -0.3 is 24.1 Å². The number of nitrogens with zero attached hydrogens (tertiary/aromatic N) is 4. The van der Waals surface area contributed by atoms with Gasteiger partial charge in [0.1, 0.15) is 11.3 Å². The molecule has 4 aromatic rings. The zero-order chi connectivity index (χ0) is 24.8. The Labute approximate surface area is 214 Å². The Bertz CT molecular complexity index is 1540. The van der Waals surface area contributed by atoms with Gasteiger partial charge in [-0.15, -0.1) is 0 Å². The van der Waals surface area contributed by atoms with E-state index in [0.29, 0.717) is 48.7 Å². The van der Waals surface area contributed by atoms with E-state index in [9.17, 15) is 9.59 Å². The van der Waals surface area contributed by atoms with Gasteiger partial charge in [0.25, 0.3) is 11.5 Å². The lowest BCUT2D eigenvalue weighted by atomic mass is 9.99. The normalized spacial score (nSPS) is 15.7. The molecule has 1 amide bonds. The third-order valence-corrected chi connectivity index (χ3v) is 7.14. The lowest BCUT2D eigenvalue weighted by Gasteiger charge is -2.22. The van der Waals surface area contributed by atoms with Gasteiger partial charge in [0, 0.05) is 44.4 Å². The van der Waals surface area contributed by atoms with Gasteiger partial charge in [0.05, 0.1) is 42.8 Å². The summed E-state index contributed by atoms with van der Waals surface area (Å²) in [5.41, 5.74) is 4.62. The van der Waals surface area contributed by atoms with Gasteiger partial charge in [-0.3, -0.25) is 14.0 Å². The van der Waals surface area contributed by atoms with Crippen LogP contribution in [-0.4, -0.2) is 59.2 Å². The van der Waals surface area contributed by atoms with Crippen molar-refractivity contribution in [3.05, 3.63) is 63.5 Å². The van der Waals surface area contributed by atoms with E-state index < -0.39 is 0 Å². The second-order valence-electron chi connectivity index (χ2n) is 9.20. The molecule has 0 bridgehead atoms. The number of benzene rings is 1. The Kier molecular flexibility index (Phi) is 6.70. The van der Waals surface area contributed by atoms with Crippen molar-refractivity contribution < 1.29 is 19.0 Å². The fourth-order valence-electron chi connectivity index (χ4n) is 5.33. The Balaban J connectivity index is 0.00000280. The molecule has 1 N–H and O–H groups in total. The van der Waals surface area contributed by atoms with Crippen LogP contribution in [0.4, 0.5) is 5.69 Å². The molecule has 1 aromatic carbocycles. The summed E-state index contributed by atoms with van der Waals surface area (Å²) in [7, 11) is 3.18. The summed E-state index contributed by atoms with van der Waals surface area (Å²) in [6.07, 6.45) is 5.71. The second-order valence-corrected chi connectivity index (χ2v) is 9.20. The molecule has 0 saturated carbocycles. The minimum atomic E-state index is -0.242. The molecule has 0 spiro atoms. The molecule has 1 fully saturated rings. The van der Waals surface area contributed by atoms with E-state index in [4.69, 9.17) is 14.2 Å². The first-order valence-corrected chi connectivity index (χ1v) is 12.1. The van der Waals surface area contributed by atoms with Gasteiger partial charge in [0.2, 0.25) is 5.88 Å². The maximum atomic E-state index is 13.8. The molecule has 0 atom stereocenters. The monoisotopic (exact) mass is 505 g/mol. The summed E-state index contributed by atoms with van der Waals surface area (Å²) in [5.74, 6) is 1.41. The van der Waals surface area contributed by atoms with Crippen molar-refractivity contribution in [1.82, 2.24) is 19.4 Å². The zero-order valence-electron chi connectivity index (χ0n) is 20.2. The van der Waals surface area contributed by atoms with Crippen molar-refractivity contribution in [3.8, 4) is 5.88 Å². The molecule has 194 valence electrons. The average molecular weight is 506 g/mol. The number of hydrogen-bond acceptors (Lipinski definition) is 7. The van der Waals surface area contributed by atoms with Crippen LogP contribution in [0.5, 0.6) is 5.88 Å². The number of anilines is 1. The number of pyridine rings is 1. The first-order chi connectivity index (χ1) is 17.6. The molecular weight excluding hydrogens is 474 g/mol. The predicted octanol–water partition coefficient (Wildman–Crippen LogP) is 3.46. The predicted molar refractivity (Wildman–Crippen MR) is 140 cm³/mol. The molecule has 0 radical (unpaired) electrons. The number of methoxy groups -OCH3 is 2. The van der Waals surface area contributed by atoms with Crippen LogP contribution in [0.2, 0.25) is 0 Å². The number of aromatic amines is 1. The first-order valence-electron chi connectivity index (χ1n) is 12.1. The minimum absolute atomic E-state index is 0. The number of H-pyrrole nitrogens is 1. The number of carbonyl (C=O) groups excluding carboxylic acids is 1. The highest BCUT2D eigenvalue weighted by Crippen LogP contribution is 2.33. The van der Waals surface area contributed by atoms with Gasteiger partial charge in [-0.05, 0) is 42.5 Å². The number of hydrogen-bond donors (Lipinski definition) is 1. The number of nitrogens with one attached hydrogen (secondary N) is 1. The van der Waals surface area contributed by atoms with Crippen LogP contribution in [0.15, 0.2) is 35.4 Å².